The van der Waals surface area contributed by atoms with Crippen LogP contribution in [0.5, 0.6) is 0 Å². The Morgan fingerprint density at radius 3 is 2.61 bits per heavy atom. The van der Waals surface area contributed by atoms with E-state index in [0.717, 1.165) is 5.56 Å². The summed E-state index contributed by atoms with van der Waals surface area (Å²) < 4.78 is 10.7. The van der Waals surface area contributed by atoms with Crippen LogP contribution >= 0.6 is 0 Å². The second-order valence-corrected chi connectivity index (χ2v) is 8.15. The second kappa shape index (κ2) is 8.28. The number of carbonyl (C=O) groups is 1. The number of ether oxygens (including phenoxy) is 1. The van der Waals surface area contributed by atoms with Crippen molar-refractivity contribution in [3.63, 3.8) is 0 Å². The summed E-state index contributed by atoms with van der Waals surface area (Å²) in [5.74, 6) is 1.05. The predicted molar refractivity (Wildman–Crippen MR) is 102 cm³/mol. The zero-order valence-electron chi connectivity index (χ0n) is 16.8. The fourth-order valence-electron chi connectivity index (χ4n) is 3.29. The van der Waals surface area contributed by atoms with Crippen LogP contribution in [0.1, 0.15) is 38.0 Å². The molecule has 2 aromatic rings. The number of hydrogen-bond acceptors (Lipinski definition) is 7. The molecule has 0 radical (unpaired) electrons. The van der Waals surface area contributed by atoms with E-state index in [-0.39, 0.29) is 12.6 Å². The number of aliphatic hydroxyl groups is 1. The summed E-state index contributed by atoms with van der Waals surface area (Å²) in [4.78, 5) is 20.3. The van der Waals surface area contributed by atoms with Gasteiger partial charge in [-0.3, -0.25) is 4.90 Å². The van der Waals surface area contributed by atoms with Gasteiger partial charge in [0.2, 0.25) is 5.89 Å². The van der Waals surface area contributed by atoms with Crippen molar-refractivity contribution in [2.45, 2.75) is 58.5 Å². The number of nitrogens with zero attached hydrogens (tertiary/aromatic N) is 4. The van der Waals surface area contributed by atoms with Gasteiger partial charge in [0.15, 0.2) is 5.82 Å². The number of aliphatic hydroxyl groups excluding tert-OH is 1. The van der Waals surface area contributed by atoms with Crippen molar-refractivity contribution in [1.29, 1.82) is 0 Å². The molecular formula is C20H28N4O4. The monoisotopic (exact) mass is 388 g/mol. The Labute approximate surface area is 165 Å². The first-order valence-electron chi connectivity index (χ1n) is 9.44. The number of aryl methyl sites for hydroxylation is 1. The molecule has 1 N–H and O–H groups in total. The van der Waals surface area contributed by atoms with E-state index < -0.39 is 17.8 Å². The third kappa shape index (κ3) is 5.30. The molecule has 8 nitrogen and oxygen atoms in total. The number of aromatic nitrogens is 2. The molecule has 28 heavy (non-hydrogen) atoms. The molecule has 1 saturated heterocycles. The van der Waals surface area contributed by atoms with E-state index in [0.29, 0.717) is 31.3 Å². The fraction of sp³-hybridized carbons (Fsp3) is 0.550. The smallest absolute Gasteiger partial charge is 0.410 e. The lowest BCUT2D eigenvalue weighted by Gasteiger charge is -2.29. The highest BCUT2D eigenvalue weighted by Crippen LogP contribution is 2.23. The van der Waals surface area contributed by atoms with Gasteiger partial charge in [-0.05, 0) is 33.3 Å². The van der Waals surface area contributed by atoms with Crippen LogP contribution < -0.4 is 0 Å². The molecule has 0 unspecified atom stereocenters. The Hall–Kier alpha value is -2.45. The molecule has 152 valence electrons. The van der Waals surface area contributed by atoms with Gasteiger partial charge in [-0.25, -0.2) is 4.79 Å². The molecule has 1 aromatic heterocycles. The van der Waals surface area contributed by atoms with Gasteiger partial charge < -0.3 is 19.3 Å². The Balaban J connectivity index is 1.75. The second-order valence-electron chi connectivity index (χ2n) is 8.15. The highest BCUT2D eigenvalue weighted by atomic mass is 16.6. The van der Waals surface area contributed by atoms with Crippen LogP contribution in [-0.2, 0) is 17.8 Å². The summed E-state index contributed by atoms with van der Waals surface area (Å²) in [6.45, 7) is 8.83. The van der Waals surface area contributed by atoms with Crippen LogP contribution in [0.25, 0.3) is 0 Å². The zero-order valence-corrected chi connectivity index (χ0v) is 16.8. The molecule has 0 spiro atoms. The zero-order chi connectivity index (χ0) is 20.3. The molecule has 3 rings (SSSR count). The SMILES string of the molecule is Cc1noc(CN(Cc2ccccc2)[C@@H]2CN(C(=O)OC(C)(C)C)C[C@H]2O)n1. The lowest BCUT2D eigenvalue weighted by Crippen LogP contribution is -2.43. The van der Waals surface area contributed by atoms with E-state index in [4.69, 9.17) is 9.26 Å². The normalized spacial score (nSPS) is 20.0. The molecule has 1 aliphatic rings. The molecule has 2 atom stereocenters. The minimum Gasteiger partial charge on any atom is -0.444 e. The van der Waals surface area contributed by atoms with Crippen LogP contribution in [0.4, 0.5) is 4.79 Å². The van der Waals surface area contributed by atoms with Crippen molar-refractivity contribution in [2.24, 2.45) is 0 Å². The van der Waals surface area contributed by atoms with Gasteiger partial charge in [0.05, 0.1) is 25.2 Å². The number of β-amino-alcohol motifs (C(OH)–C–C–N with tert-alkyl or cyclic N) is 1. The minimum absolute atomic E-state index is 0.230. The summed E-state index contributed by atoms with van der Waals surface area (Å²) in [5, 5.41) is 14.5. The Morgan fingerprint density at radius 1 is 1.29 bits per heavy atom. The number of amides is 1. The summed E-state index contributed by atoms with van der Waals surface area (Å²) >= 11 is 0. The molecule has 1 fully saturated rings. The van der Waals surface area contributed by atoms with Crippen LogP contribution in [0.3, 0.4) is 0 Å². The summed E-state index contributed by atoms with van der Waals surface area (Å²) in [7, 11) is 0. The lowest BCUT2D eigenvalue weighted by atomic mass is 10.1. The molecule has 0 bridgehead atoms. The lowest BCUT2D eigenvalue weighted by molar-refractivity contribution is 0.0269. The maximum atomic E-state index is 12.4. The number of rotatable bonds is 5. The maximum Gasteiger partial charge on any atom is 0.410 e. The molecule has 1 amide bonds. The van der Waals surface area contributed by atoms with Crippen molar-refractivity contribution in [3.05, 3.63) is 47.6 Å². The quantitative estimate of drug-likeness (QED) is 0.840. The molecule has 1 aliphatic heterocycles. The molecule has 0 aliphatic carbocycles. The largest absolute Gasteiger partial charge is 0.444 e. The molecular weight excluding hydrogens is 360 g/mol. The summed E-state index contributed by atoms with van der Waals surface area (Å²) in [6, 6.07) is 9.70. The van der Waals surface area contributed by atoms with E-state index in [1.54, 1.807) is 11.8 Å². The van der Waals surface area contributed by atoms with Gasteiger partial charge in [0, 0.05) is 13.1 Å². The molecule has 0 saturated carbocycles. The van der Waals surface area contributed by atoms with Gasteiger partial charge in [-0.1, -0.05) is 35.5 Å². The number of hydrogen-bond donors (Lipinski definition) is 1. The summed E-state index contributed by atoms with van der Waals surface area (Å²) in [6.07, 6.45) is -1.11. The highest BCUT2D eigenvalue weighted by molar-refractivity contribution is 5.68. The van der Waals surface area contributed by atoms with Crippen molar-refractivity contribution < 1.29 is 19.2 Å². The van der Waals surface area contributed by atoms with E-state index in [2.05, 4.69) is 15.0 Å². The first kappa shape index (κ1) is 20.3. The van der Waals surface area contributed by atoms with Crippen LogP contribution in [0, 0.1) is 6.92 Å². The maximum absolute atomic E-state index is 12.4. The average molecular weight is 388 g/mol. The first-order chi connectivity index (χ1) is 13.2. The van der Waals surface area contributed by atoms with E-state index >= 15 is 0 Å². The number of carbonyl (C=O) groups excluding carboxylic acids is 1. The van der Waals surface area contributed by atoms with Crippen LogP contribution in [0.2, 0.25) is 0 Å². The Kier molecular flexibility index (Phi) is 6.00. The van der Waals surface area contributed by atoms with Crippen molar-refractivity contribution >= 4 is 6.09 Å². The number of likely N-dealkylation sites (tertiary alicyclic amines) is 1. The van der Waals surface area contributed by atoms with Gasteiger partial charge in [0.25, 0.3) is 0 Å². The third-order valence-electron chi connectivity index (χ3n) is 4.52. The van der Waals surface area contributed by atoms with Crippen molar-refractivity contribution in [1.82, 2.24) is 19.9 Å². The highest BCUT2D eigenvalue weighted by Gasteiger charge is 2.39. The van der Waals surface area contributed by atoms with Crippen LogP contribution in [-0.4, -0.2) is 62.0 Å². The average Bonchev–Trinajstić information content (AvgIpc) is 3.19. The Morgan fingerprint density at radius 2 is 2.00 bits per heavy atom. The molecule has 8 heteroatoms. The van der Waals surface area contributed by atoms with Crippen molar-refractivity contribution in [3.8, 4) is 0 Å². The first-order valence-corrected chi connectivity index (χ1v) is 9.44. The van der Waals surface area contributed by atoms with Gasteiger partial charge in [-0.15, -0.1) is 0 Å². The fourth-order valence-corrected chi connectivity index (χ4v) is 3.29. The third-order valence-corrected chi connectivity index (χ3v) is 4.52. The van der Waals surface area contributed by atoms with E-state index in [1.807, 2.05) is 51.1 Å². The van der Waals surface area contributed by atoms with Gasteiger partial charge in [-0.2, -0.15) is 4.98 Å². The summed E-state index contributed by atoms with van der Waals surface area (Å²) in [5.41, 5.74) is 0.521. The molecule has 1 aromatic carbocycles. The van der Waals surface area contributed by atoms with E-state index in [1.165, 1.54) is 0 Å². The standard InChI is InChI=1S/C20H28N4O4/c1-14-21-18(28-22-14)13-23(10-15-8-6-5-7-9-15)16-11-24(12-17(16)25)19(26)27-20(2,3)4/h5-9,16-17,25H,10-13H2,1-4H3/t16-,17-/m1/s1. The molecule has 2 heterocycles. The van der Waals surface area contributed by atoms with Gasteiger partial charge in [0.1, 0.15) is 5.60 Å². The Bertz CT molecular complexity index is 787. The van der Waals surface area contributed by atoms with E-state index in [9.17, 15) is 9.90 Å². The number of benzene rings is 1. The van der Waals surface area contributed by atoms with Crippen molar-refractivity contribution in [2.75, 3.05) is 13.1 Å². The minimum atomic E-state index is -0.694. The van der Waals surface area contributed by atoms with Gasteiger partial charge >= 0.3 is 6.09 Å². The topological polar surface area (TPSA) is 91.9 Å². The predicted octanol–water partition coefficient (Wildman–Crippen LogP) is 2.36. The van der Waals surface area contributed by atoms with Crippen LogP contribution in [0.15, 0.2) is 34.9 Å².